The molecule has 10 heteroatoms. The molecular formula is C19H16Cl4N2O4. The molecule has 29 heavy (non-hydrogen) atoms. The Morgan fingerprint density at radius 2 is 1.28 bits per heavy atom. The van der Waals surface area contributed by atoms with Gasteiger partial charge in [0.1, 0.15) is 6.04 Å². The number of hydrogen-bond donors (Lipinski definition) is 3. The first kappa shape index (κ1) is 23.3. The fraction of sp³-hybridized carbons (Fsp3) is 0.211. The van der Waals surface area contributed by atoms with E-state index in [2.05, 4.69) is 10.6 Å². The second-order valence-electron chi connectivity index (χ2n) is 5.96. The van der Waals surface area contributed by atoms with Crippen LogP contribution in [0.3, 0.4) is 0 Å². The van der Waals surface area contributed by atoms with Crippen LogP contribution in [-0.2, 0) is 4.79 Å². The summed E-state index contributed by atoms with van der Waals surface area (Å²) in [7, 11) is 0. The topological polar surface area (TPSA) is 95.5 Å². The van der Waals surface area contributed by atoms with E-state index in [-0.39, 0.29) is 50.6 Å². The van der Waals surface area contributed by atoms with Crippen LogP contribution in [0.1, 0.15) is 33.6 Å². The van der Waals surface area contributed by atoms with E-state index >= 15 is 0 Å². The van der Waals surface area contributed by atoms with Gasteiger partial charge in [0.15, 0.2) is 0 Å². The molecule has 0 saturated carbocycles. The van der Waals surface area contributed by atoms with Crippen LogP contribution in [0.2, 0.25) is 20.1 Å². The first-order valence-corrected chi connectivity index (χ1v) is 9.93. The van der Waals surface area contributed by atoms with Gasteiger partial charge in [-0.2, -0.15) is 0 Å². The Bertz CT molecular complexity index is 896. The standard InChI is InChI=1S/C19H16Cl4N2O4/c20-10-4-1-5-11(21)15(10)17(26)24-9-3-8-14(19(28)29)25-18(27)16-12(22)6-2-7-13(16)23/h1-2,4-7,14H,3,8-9H2,(H,24,26)(H,25,27)(H,28,29). The summed E-state index contributed by atoms with van der Waals surface area (Å²) in [6, 6.07) is 8.05. The minimum Gasteiger partial charge on any atom is -0.480 e. The summed E-state index contributed by atoms with van der Waals surface area (Å²) in [5, 5.41) is 15.0. The molecule has 154 valence electrons. The van der Waals surface area contributed by atoms with E-state index < -0.39 is 23.8 Å². The highest BCUT2D eigenvalue weighted by molar-refractivity contribution is 6.40. The largest absolute Gasteiger partial charge is 0.480 e. The number of carboxylic acids is 1. The van der Waals surface area contributed by atoms with Crippen molar-refractivity contribution in [2.75, 3.05) is 6.54 Å². The van der Waals surface area contributed by atoms with Crippen LogP contribution in [0.25, 0.3) is 0 Å². The van der Waals surface area contributed by atoms with Crippen molar-refractivity contribution in [2.24, 2.45) is 0 Å². The molecule has 2 aromatic carbocycles. The van der Waals surface area contributed by atoms with E-state index in [0.717, 1.165) is 0 Å². The maximum Gasteiger partial charge on any atom is 0.326 e. The Labute approximate surface area is 187 Å². The molecule has 2 aromatic rings. The van der Waals surface area contributed by atoms with Crippen LogP contribution in [-0.4, -0.2) is 35.5 Å². The molecule has 6 nitrogen and oxygen atoms in total. The molecule has 2 rings (SSSR count). The fourth-order valence-corrected chi connectivity index (χ4v) is 3.65. The average Bonchev–Trinajstić information content (AvgIpc) is 2.63. The lowest BCUT2D eigenvalue weighted by atomic mass is 10.1. The summed E-state index contributed by atoms with van der Waals surface area (Å²) in [5.41, 5.74) is 0.149. The highest BCUT2D eigenvalue weighted by Gasteiger charge is 2.23. The van der Waals surface area contributed by atoms with E-state index in [9.17, 15) is 19.5 Å². The third kappa shape index (κ3) is 6.24. The number of nitrogens with one attached hydrogen (secondary N) is 2. The number of aliphatic carboxylic acids is 1. The van der Waals surface area contributed by atoms with Gasteiger partial charge in [0.05, 0.1) is 31.2 Å². The number of rotatable bonds is 8. The van der Waals surface area contributed by atoms with E-state index in [1.807, 2.05) is 0 Å². The molecule has 0 bridgehead atoms. The highest BCUT2D eigenvalue weighted by atomic mass is 35.5. The van der Waals surface area contributed by atoms with Crippen LogP contribution < -0.4 is 10.6 Å². The lowest BCUT2D eigenvalue weighted by molar-refractivity contribution is -0.139. The van der Waals surface area contributed by atoms with Crippen molar-refractivity contribution >= 4 is 64.2 Å². The zero-order valence-electron chi connectivity index (χ0n) is 14.8. The van der Waals surface area contributed by atoms with Gasteiger partial charge in [-0.1, -0.05) is 58.5 Å². The van der Waals surface area contributed by atoms with Crippen molar-refractivity contribution in [1.82, 2.24) is 10.6 Å². The van der Waals surface area contributed by atoms with Gasteiger partial charge in [-0.3, -0.25) is 9.59 Å². The number of benzene rings is 2. The van der Waals surface area contributed by atoms with Gasteiger partial charge in [-0.25, -0.2) is 4.79 Å². The van der Waals surface area contributed by atoms with E-state index in [4.69, 9.17) is 46.4 Å². The van der Waals surface area contributed by atoms with Gasteiger partial charge >= 0.3 is 5.97 Å². The Balaban J connectivity index is 1.92. The first-order chi connectivity index (χ1) is 13.7. The fourth-order valence-electron chi connectivity index (χ4n) is 2.51. The number of carbonyl (C=O) groups excluding carboxylic acids is 2. The second kappa shape index (κ2) is 10.7. The molecule has 0 fully saturated rings. The van der Waals surface area contributed by atoms with Crippen LogP contribution >= 0.6 is 46.4 Å². The van der Waals surface area contributed by atoms with Crippen LogP contribution in [0.15, 0.2) is 36.4 Å². The minimum atomic E-state index is -1.22. The molecule has 2 amide bonds. The average molecular weight is 478 g/mol. The zero-order chi connectivity index (χ0) is 21.6. The maximum absolute atomic E-state index is 12.4. The Hall–Kier alpha value is -1.99. The van der Waals surface area contributed by atoms with Crippen molar-refractivity contribution in [3.8, 4) is 0 Å². The van der Waals surface area contributed by atoms with Crippen LogP contribution in [0.4, 0.5) is 0 Å². The third-order valence-electron chi connectivity index (χ3n) is 3.94. The molecule has 1 atom stereocenters. The molecule has 1 unspecified atom stereocenters. The molecular weight excluding hydrogens is 462 g/mol. The molecule has 3 N–H and O–H groups in total. The number of amides is 2. The molecule has 0 heterocycles. The Kier molecular flexibility index (Phi) is 8.59. The molecule has 0 aliphatic carbocycles. The number of halogens is 4. The Morgan fingerprint density at radius 3 is 1.72 bits per heavy atom. The second-order valence-corrected chi connectivity index (χ2v) is 7.58. The van der Waals surface area contributed by atoms with Crippen molar-refractivity contribution in [2.45, 2.75) is 18.9 Å². The number of carbonyl (C=O) groups is 3. The minimum absolute atomic E-state index is 0.00347. The number of carboxylic acid groups (broad SMARTS) is 1. The highest BCUT2D eigenvalue weighted by Crippen LogP contribution is 2.25. The van der Waals surface area contributed by atoms with Crippen molar-refractivity contribution in [3.05, 3.63) is 67.6 Å². The smallest absolute Gasteiger partial charge is 0.326 e. The summed E-state index contributed by atoms with van der Waals surface area (Å²) < 4.78 is 0. The van der Waals surface area contributed by atoms with E-state index in [1.165, 1.54) is 24.3 Å². The normalized spacial score (nSPS) is 11.6. The van der Waals surface area contributed by atoms with Gasteiger partial charge in [-0.05, 0) is 37.1 Å². The predicted molar refractivity (Wildman–Crippen MR) is 113 cm³/mol. The van der Waals surface area contributed by atoms with Gasteiger partial charge in [0.25, 0.3) is 11.8 Å². The molecule has 0 saturated heterocycles. The van der Waals surface area contributed by atoms with Gasteiger partial charge in [0.2, 0.25) is 0 Å². The maximum atomic E-state index is 12.4. The summed E-state index contributed by atoms with van der Waals surface area (Å²) in [4.78, 5) is 36.0. The van der Waals surface area contributed by atoms with Crippen molar-refractivity contribution < 1.29 is 19.5 Å². The molecule has 0 aromatic heterocycles. The summed E-state index contributed by atoms with van der Waals surface area (Å²) in [6.45, 7) is 0.160. The van der Waals surface area contributed by atoms with Crippen molar-refractivity contribution in [3.63, 3.8) is 0 Å². The molecule has 0 spiro atoms. The van der Waals surface area contributed by atoms with Gasteiger partial charge < -0.3 is 15.7 Å². The zero-order valence-corrected chi connectivity index (χ0v) is 17.9. The first-order valence-electron chi connectivity index (χ1n) is 8.42. The Morgan fingerprint density at radius 1 is 0.828 bits per heavy atom. The molecule has 0 aliphatic heterocycles. The van der Waals surface area contributed by atoms with Gasteiger partial charge in [0, 0.05) is 6.54 Å². The lowest BCUT2D eigenvalue weighted by Crippen LogP contribution is -2.41. The quantitative estimate of drug-likeness (QED) is 0.480. The predicted octanol–water partition coefficient (Wildman–Crippen LogP) is 4.69. The summed E-state index contributed by atoms with van der Waals surface area (Å²) >= 11 is 23.9. The monoisotopic (exact) mass is 476 g/mol. The SMILES string of the molecule is O=C(NCCCC(NC(=O)c1c(Cl)cccc1Cl)C(=O)O)c1c(Cl)cccc1Cl. The molecule has 0 aliphatic rings. The molecule has 0 radical (unpaired) electrons. The third-order valence-corrected chi connectivity index (χ3v) is 5.20. The van der Waals surface area contributed by atoms with Crippen molar-refractivity contribution in [1.29, 1.82) is 0 Å². The lowest BCUT2D eigenvalue weighted by Gasteiger charge is -2.16. The van der Waals surface area contributed by atoms with Crippen LogP contribution in [0, 0.1) is 0 Å². The number of hydrogen-bond acceptors (Lipinski definition) is 3. The van der Waals surface area contributed by atoms with E-state index in [0.29, 0.717) is 0 Å². The van der Waals surface area contributed by atoms with Crippen LogP contribution in [0.5, 0.6) is 0 Å². The summed E-state index contributed by atoms with van der Waals surface area (Å²) in [6.07, 6.45) is 0.348. The van der Waals surface area contributed by atoms with E-state index in [1.54, 1.807) is 12.1 Å². The van der Waals surface area contributed by atoms with Gasteiger partial charge in [-0.15, -0.1) is 0 Å². The summed E-state index contributed by atoms with van der Waals surface area (Å²) in [5.74, 6) is -2.39.